The highest BCUT2D eigenvalue weighted by atomic mass is 32.1. The summed E-state index contributed by atoms with van der Waals surface area (Å²) in [6.45, 7) is 4.40. The molecule has 34 heteroatoms. The maximum atomic E-state index is 14.0. The second kappa shape index (κ2) is 46.0. The molecule has 708 valence electrons. The highest BCUT2D eigenvalue weighted by molar-refractivity contribution is 7.13. The number of nitrogens with one attached hydrogen (secondary N) is 5. The van der Waals surface area contributed by atoms with Crippen LogP contribution in [-0.4, -0.2) is 102 Å². The molecule has 0 saturated heterocycles. The first-order chi connectivity index (χ1) is 68.3. The average molecular weight is 1920 g/mol. The number of ether oxygens (including phenoxy) is 2. The van der Waals surface area contributed by atoms with Gasteiger partial charge in [-0.05, 0) is 151 Å². The van der Waals surface area contributed by atoms with Crippen LogP contribution in [-0.2, 0) is 24.2 Å². The number of hydrogen-bond acceptors (Lipinski definition) is 16. The van der Waals surface area contributed by atoms with E-state index in [9.17, 15) is 59.1 Å². The fourth-order valence-corrected chi connectivity index (χ4v) is 14.6. The van der Waals surface area contributed by atoms with Crippen LogP contribution >= 0.6 is 11.3 Å². The zero-order valence-corrected chi connectivity index (χ0v) is 76.1. The van der Waals surface area contributed by atoms with Crippen LogP contribution in [0.1, 0.15) is 78.1 Å². The molecule has 7 aromatic heterocycles. The highest BCUT2D eigenvalue weighted by Gasteiger charge is 2.38. The van der Waals surface area contributed by atoms with E-state index in [0.717, 1.165) is 92.5 Å². The quantitative estimate of drug-likeness (QED) is 0.0262. The Hall–Kier alpha value is -18.1. The van der Waals surface area contributed by atoms with E-state index in [4.69, 9.17) is 9.47 Å². The molecule has 0 atom stereocenters. The number of carbonyl (C=O) groups excluding carboxylic acids is 5. The lowest BCUT2D eigenvalue weighted by Gasteiger charge is -2.14. The number of hydrogen-bond donors (Lipinski definition) is 5. The molecule has 19 rings (SSSR count). The van der Waals surface area contributed by atoms with E-state index in [1.54, 1.807) is 116 Å². The predicted octanol–water partition coefficient (Wildman–Crippen LogP) is 24.5. The summed E-state index contributed by atoms with van der Waals surface area (Å²) in [4.78, 5) is 63.8. The van der Waals surface area contributed by atoms with Crippen LogP contribution in [0, 0.1) is 18.6 Å². The molecule has 0 fully saturated rings. The summed E-state index contributed by atoms with van der Waals surface area (Å²) in [5, 5.41) is 45.8. The van der Waals surface area contributed by atoms with Gasteiger partial charge >= 0.3 is 12.4 Å². The Morgan fingerprint density at radius 2 is 0.745 bits per heavy atom. The van der Waals surface area contributed by atoms with Crippen molar-refractivity contribution in [1.29, 1.82) is 0 Å². The van der Waals surface area contributed by atoms with Crippen LogP contribution in [0.2, 0.25) is 0 Å². The van der Waals surface area contributed by atoms with E-state index in [1.165, 1.54) is 10.7 Å². The maximum absolute atomic E-state index is 14.0. The van der Waals surface area contributed by atoms with Gasteiger partial charge in [0.05, 0.1) is 73.7 Å². The summed E-state index contributed by atoms with van der Waals surface area (Å²) in [7, 11) is 1.82. The lowest BCUT2D eigenvalue weighted by molar-refractivity contribution is -0.143. The van der Waals surface area contributed by atoms with Crippen LogP contribution in [0.25, 0.3) is 78.4 Å². The first-order valence-electron chi connectivity index (χ1n) is 43.7. The van der Waals surface area contributed by atoms with Gasteiger partial charge in [0.1, 0.15) is 63.6 Å². The molecule has 141 heavy (non-hydrogen) atoms. The molecule has 7 heterocycles. The Labute approximate surface area is 806 Å². The molecule has 5 amide bonds. The van der Waals surface area contributed by atoms with Gasteiger partial charge in [0.2, 0.25) is 0 Å². The third kappa shape index (κ3) is 26.0. The summed E-state index contributed by atoms with van der Waals surface area (Å²) in [5.41, 5.74) is 6.76. The Morgan fingerprint density at radius 3 is 1.14 bits per heavy atom. The number of thiophene rings is 1. The van der Waals surface area contributed by atoms with Gasteiger partial charge in [-0.25, -0.2) is 32.1 Å². The van der Waals surface area contributed by atoms with Gasteiger partial charge in [0.25, 0.3) is 29.5 Å². The first kappa shape index (κ1) is 97.5. The number of rotatable bonds is 25. The number of benzene rings is 12. The minimum absolute atomic E-state index is 0.0293. The second-order valence-electron chi connectivity index (χ2n) is 30.9. The fraction of sp³-hybridized carbons (Fsp3) is 0.0841. The van der Waals surface area contributed by atoms with Crippen LogP contribution in [0.15, 0.2) is 386 Å². The van der Waals surface area contributed by atoms with Gasteiger partial charge < -0.3 is 36.1 Å². The van der Waals surface area contributed by atoms with Gasteiger partial charge in [0, 0.05) is 70.8 Å². The minimum Gasteiger partial charge on any atom is -0.494 e. The van der Waals surface area contributed by atoms with Crippen molar-refractivity contribution in [2.75, 3.05) is 39.8 Å². The smallest absolute Gasteiger partial charge is 0.416 e. The highest BCUT2D eigenvalue weighted by Crippen LogP contribution is 2.39. The molecule has 25 nitrogen and oxygen atoms in total. The Kier molecular flexibility index (Phi) is 31.8. The lowest BCUT2D eigenvalue weighted by Crippen LogP contribution is -2.21. The fourth-order valence-electron chi connectivity index (χ4n) is 13.9. The number of para-hydroxylation sites is 5. The minimum atomic E-state index is -5.07. The Bertz CT molecular complexity index is 7360. The summed E-state index contributed by atoms with van der Waals surface area (Å²) < 4.78 is 130. The van der Waals surface area contributed by atoms with Gasteiger partial charge in [0.15, 0.2) is 12.3 Å². The number of aryl methyl sites for hydroxylation is 2. The number of amides is 5. The maximum Gasteiger partial charge on any atom is 0.416 e. The van der Waals surface area contributed by atoms with Crippen molar-refractivity contribution in [3.05, 3.63) is 432 Å². The van der Waals surface area contributed by atoms with E-state index in [1.807, 2.05) is 267 Å². The number of nitrogens with zero attached hydrogens (tertiary/aromatic N) is 12. The van der Waals surface area contributed by atoms with Crippen molar-refractivity contribution in [3.8, 4) is 89.8 Å². The van der Waals surface area contributed by atoms with E-state index in [2.05, 4.69) is 73.9 Å². The van der Waals surface area contributed by atoms with E-state index >= 15 is 0 Å². The standard InChI is InChI=1S/C24H15F6N3O.C23H19N3O2.C22H15F2N3O.C19H15N5O2.C19H21N3O2S/c25-23(26,27)17-11-16(12-18(13-17)24(28,29)30)22(34)31-21-14-20(15-7-3-1-4-8-15)32-33(21)19-9-5-2-6-10-19;27-23(17-28-20-14-8-3-9-15-20)24-22-16-21(18-10-4-1-5-11-18)25-26(22)19-12-6-2-7-13-19;23-16-11-12-19(24)18(13-16)22(28)25-21-14-20(15-7-3-1-4-8-15)26-27(21)17-9-5-2-6-10-17;1-13-18(23-26-22-13)19(25)20-17-12-16(14-8-4-2-5-9-14)21-24(17)15-10-6-3-7-11-15;1-3-4-11-24-15-9-7-14(8-10-15)19(23)20-18-13-16(21-22(18)2)17-6-5-12-25-17/h1-14H,(H,31,34);1-16H,17H2,(H,24,27);1-14H,(H,25,28);2-12H,1H3,(H,20,25);5-10,12-13H,3-4,11H2,1-2H3,(H,20,23). The molecule has 19 aromatic rings. The van der Waals surface area contributed by atoms with Crippen molar-refractivity contribution in [2.24, 2.45) is 7.05 Å². The third-order valence-corrected chi connectivity index (χ3v) is 21.8. The third-order valence-electron chi connectivity index (χ3n) is 20.9. The summed E-state index contributed by atoms with van der Waals surface area (Å²) >= 11 is 1.62. The Balaban J connectivity index is 0.000000134. The second-order valence-corrected chi connectivity index (χ2v) is 31.9. The van der Waals surface area contributed by atoms with Crippen molar-refractivity contribution >= 4 is 70.0 Å². The number of anilines is 5. The topological polar surface area (TPSA) is 292 Å². The number of carbonyl (C=O) groups is 5. The van der Waals surface area contributed by atoms with Crippen molar-refractivity contribution in [2.45, 2.75) is 39.0 Å². The summed E-state index contributed by atoms with van der Waals surface area (Å²) in [5.74, 6) is -0.569. The molecule has 0 aliphatic heterocycles. The predicted molar refractivity (Wildman–Crippen MR) is 524 cm³/mol. The summed E-state index contributed by atoms with van der Waals surface area (Å²) in [6, 6.07) is 108. The molecule has 0 saturated carbocycles. The molecule has 0 aliphatic rings. The van der Waals surface area contributed by atoms with Gasteiger partial charge in [-0.1, -0.05) is 237 Å². The van der Waals surface area contributed by atoms with Gasteiger partial charge in [-0.3, -0.25) is 28.7 Å². The van der Waals surface area contributed by atoms with Gasteiger partial charge in [-0.2, -0.15) is 51.8 Å². The largest absolute Gasteiger partial charge is 0.494 e. The number of halogens is 8. The molecule has 0 bridgehead atoms. The van der Waals surface area contributed by atoms with Crippen molar-refractivity contribution in [3.63, 3.8) is 0 Å². The van der Waals surface area contributed by atoms with Crippen LogP contribution in [0.5, 0.6) is 11.5 Å². The average Bonchev–Trinajstić information content (AvgIpc) is 0.990. The van der Waals surface area contributed by atoms with E-state index in [-0.39, 0.29) is 41.6 Å². The van der Waals surface area contributed by atoms with Crippen molar-refractivity contribution in [1.82, 2.24) is 59.2 Å². The number of alkyl halides is 6. The molecule has 0 radical (unpaired) electrons. The molecule has 0 aliphatic carbocycles. The van der Waals surface area contributed by atoms with Crippen LogP contribution < -0.4 is 36.1 Å². The molecule has 5 N–H and O–H groups in total. The lowest BCUT2D eigenvalue weighted by atomic mass is 10.0. The van der Waals surface area contributed by atoms with E-state index < -0.39 is 58.4 Å². The van der Waals surface area contributed by atoms with Crippen LogP contribution in [0.4, 0.5) is 64.2 Å². The van der Waals surface area contributed by atoms with E-state index in [0.29, 0.717) is 81.7 Å². The number of unbranched alkanes of at least 4 members (excludes halogenated alkanes) is 1. The monoisotopic (exact) mass is 1920 g/mol. The summed E-state index contributed by atoms with van der Waals surface area (Å²) in [6.07, 6.45) is -8.01. The molecular weight excluding hydrogens is 1840 g/mol. The SMILES string of the molecule is CCCCOc1ccc(C(=O)Nc2cc(-c3cccs3)nn2C)cc1.Cc1nonc1C(=O)Nc1cc(-c2ccccc2)nn1-c1ccccc1.O=C(COc1ccccc1)Nc1cc(-c2ccccc2)nn1-c1ccccc1.O=C(Nc1cc(-c2ccccc2)nn1-c1ccccc1)c1cc(C(F)(F)F)cc(C(F)(F)F)c1.O=C(Nc1cc(-c2ccccc2)nn1-c1ccccc1)c1cc(F)ccc1F. The molecule has 0 unspecified atom stereocenters. The molecule has 0 spiro atoms. The van der Waals surface area contributed by atoms with Crippen molar-refractivity contribution < 1.29 is 73.2 Å². The van der Waals surface area contributed by atoms with Gasteiger partial charge in [-0.15, -0.1) is 11.3 Å². The Morgan fingerprint density at radius 1 is 0.369 bits per heavy atom. The number of aromatic nitrogens is 12. The molecular formula is C107H85F8N17O8S. The normalized spacial score (nSPS) is 10.9. The van der Waals surface area contributed by atoms with Crippen LogP contribution in [0.3, 0.4) is 0 Å². The molecule has 12 aromatic carbocycles. The zero-order chi connectivity index (χ0) is 98.8. The zero-order valence-electron chi connectivity index (χ0n) is 75.3. The first-order valence-corrected chi connectivity index (χ1v) is 44.6.